The lowest BCUT2D eigenvalue weighted by molar-refractivity contribution is -0.138. The van der Waals surface area contributed by atoms with Gasteiger partial charge < -0.3 is 10.4 Å². The summed E-state index contributed by atoms with van der Waals surface area (Å²) in [6, 6.07) is 4.09. The Morgan fingerprint density at radius 1 is 1.18 bits per heavy atom. The Bertz CT molecular complexity index is 640. The molecule has 22 heavy (non-hydrogen) atoms. The molecule has 1 rings (SSSR count). The average molecular weight is 328 g/mol. The molecular weight excluding hydrogens is 308 g/mol. The van der Waals surface area contributed by atoms with E-state index in [9.17, 15) is 18.0 Å². The molecule has 1 aromatic carbocycles. The molecule has 0 heterocycles. The zero-order chi connectivity index (χ0) is 16.9. The minimum atomic E-state index is -3.63. The van der Waals surface area contributed by atoms with Crippen LogP contribution in [0, 0.1) is 0 Å². The molecule has 0 aliphatic heterocycles. The Morgan fingerprint density at radius 3 is 2.18 bits per heavy atom. The largest absolute Gasteiger partial charge is 0.480 e. The number of carboxylic acid groups (broad SMARTS) is 1. The maximum Gasteiger partial charge on any atom is 0.325 e. The molecule has 0 bridgehead atoms. The summed E-state index contributed by atoms with van der Waals surface area (Å²) < 4.78 is 26.6. The maximum atomic E-state index is 12.1. The molecule has 0 spiro atoms. The van der Waals surface area contributed by atoms with Gasteiger partial charge in [-0.15, -0.1) is 0 Å². The summed E-state index contributed by atoms with van der Waals surface area (Å²) in [6.07, 6.45) is 0.660. The molecule has 3 N–H and O–H groups in total. The summed E-state index contributed by atoms with van der Waals surface area (Å²) in [5.41, 5.74) is 0.190. The highest BCUT2D eigenvalue weighted by Crippen LogP contribution is 2.12. The van der Waals surface area contributed by atoms with Gasteiger partial charge in [0.05, 0.1) is 4.90 Å². The van der Waals surface area contributed by atoms with Crippen LogP contribution in [0.25, 0.3) is 0 Å². The Morgan fingerprint density at radius 2 is 1.73 bits per heavy atom. The fraction of sp³-hybridized carbons (Fsp3) is 0.429. The van der Waals surface area contributed by atoms with Crippen molar-refractivity contribution in [3.63, 3.8) is 0 Å². The molecule has 1 amide bonds. The van der Waals surface area contributed by atoms with Crippen LogP contribution in [-0.4, -0.2) is 37.5 Å². The number of amides is 1. The quantitative estimate of drug-likeness (QED) is 0.690. The highest BCUT2D eigenvalue weighted by atomic mass is 32.2. The van der Waals surface area contributed by atoms with Crippen LogP contribution >= 0.6 is 0 Å². The van der Waals surface area contributed by atoms with Crippen LogP contribution in [-0.2, 0) is 14.8 Å². The number of carbonyl (C=O) groups excluding carboxylic acids is 1. The van der Waals surface area contributed by atoms with E-state index in [1.165, 1.54) is 31.2 Å². The second-order valence-corrected chi connectivity index (χ2v) is 6.70. The van der Waals surface area contributed by atoms with Crippen LogP contribution in [0.1, 0.15) is 37.6 Å². The van der Waals surface area contributed by atoms with Crippen molar-refractivity contribution in [2.45, 2.75) is 44.2 Å². The number of hydrogen-bond donors (Lipinski definition) is 3. The van der Waals surface area contributed by atoms with Crippen LogP contribution in [0.5, 0.6) is 0 Å². The summed E-state index contributed by atoms with van der Waals surface area (Å²) in [6.45, 7) is 4.96. The summed E-state index contributed by atoms with van der Waals surface area (Å²) >= 11 is 0. The number of aliphatic carboxylic acids is 1. The van der Waals surface area contributed by atoms with E-state index in [1.54, 1.807) is 6.92 Å². The first-order valence-corrected chi connectivity index (χ1v) is 8.31. The molecular formula is C14H20N2O5S. The first-order chi connectivity index (χ1) is 10.2. The number of sulfonamides is 1. The highest BCUT2D eigenvalue weighted by Gasteiger charge is 2.18. The number of benzene rings is 1. The van der Waals surface area contributed by atoms with Crippen molar-refractivity contribution < 1.29 is 23.1 Å². The van der Waals surface area contributed by atoms with Crippen molar-refractivity contribution in [3.05, 3.63) is 29.8 Å². The van der Waals surface area contributed by atoms with E-state index in [1.807, 2.05) is 6.92 Å². The Kier molecular flexibility index (Phi) is 6.07. The second kappa shape index (κ2) is 7.37. The summed E-state index contributed by atoms with van der Waals surface area (Å²) in [7, 11) is -3.63. The number of rotatable bonds is 7. The number of hydrogen-bond acceptors (Lipinski definition) is 4. The van der Waals surface area contributed by atoms with Crippen molar-refractivity contribution in [3.8, 4) is 0 Å². The van der Waals surface area contributed by atoms with Crippen molar-refractivity contribution in [2.24, 2.45) is 0 Å². The Hall–Kier alpha value is -1.93. The molecule has 0 saturated carbocycles. The molecule has 0 radical (unpaired) electrons. The monoisotopic (exact) mass is 328 g/mol. The maximum absolute atomic E-state index is 12.1. The Labute approximate surface area is 129 Å². The number of nitrogens with one attached hydrogen (secondary N) is 2. The minimum absolute atomic E-state index is 0.0515. The zero-order valence-electron chi connectivity index (χ0n) is 12.7. The van der Waals surface area contributed by atoms with Crippen LogP contribution in [0.2, 0.25) is 0 Å². The third kappa shape index (κ3) is 4.81. The normalized spacial score (nSPS) is 14.1. The molecule has 0 saturated heterocycles. The number of carboxylic acids is 1. The first kappa shape index (κ1) is 18.1. The van der Waals surface area contributed by atoms with Crippen molar-refractivity contribution in [1.82, 2.24) is 10.0 Å². The minimum Gasteiger partial charge on any atom is -0.480 e. The summed E-state index contributed by atoms with van der Waals surface area (Å²) in [4.78, 5) is 22.5. The molecule has 0 fully saturated rings. The van der Waals surface area contributed by atoms with Gasteiger partial charge in [-0.2, -0.15) is 0 Å². The van der Waals surface area contributed by atoms with E-state index in [4.69, 9.17) is 5.11 Å². The van der Waals surface area contributed by atoms with E-state index >= 15 is 0 Å². The fourth-order valence-electron chi connectivity index (χ4n) is 1.54. The first-order valence-electron chi connectivity index (χ1n) is 6.83. The van der Waals surface area contributed by atoms with Gasteiger partial charge in [0.25, 0.3) is 5.91 Å². The smallest absolute Gasteiger partial charge is 0.325 e. The molecule has 1 unspecified atom stereocenters. The predicted molar refractivity (Wildman–Crippen MR) is 81.1 cm³/mol. The van der Waals surface area contributed by atoms with E-state index < -0.39 is 27.9 Å². The van der Waals surface area contributed by atoms with Crippen molar-refractivity contribution in [1.29, 1.82) is 0 Å². The standard InChI is InChI=1S/C14H20N2O5S/c1-4-9(2)16-22(20,21)12-7-5-11(6-8-12)13(17)15-10(3)14(18)19/h5-10,16H,4H2,1-3H3,(H,15,17)(H,18,19)/t9?,10-/m0/s1. The van der Waals surface area contributed by atoms with Crippen LogP contribution in [0.15, 0.2) is 29.2 Å². The molecule has 2 atom stereocenters. The molecule has 0 aliphatic carbocycles. The average Bonchev–Trinajstić information content (AvgIpc) is 2.46. The van der Waals surface area contributed by atoms with Gasteiger partial charge in [0.15, 0.2) is 0 Å². The molecule has 122 valence electrons. The zero-order valence-corrected chi connectivity index (χ0v) is 13.5. The molecule has 8 heteroatoms. The SMILES string of the molecule is CCC(C)NS(=O)(=O)c1ccc(C(=O)N[C@@H](C)C(=O)O)cc1. The van der Waals surface area contributed by atoms with Gasteiger partial charge in [0.2, 0.25) is 10.0 Å². The van der Waals surface area contributed by atoms with Gasteiger partial charge in [-0.3, -0.25) is 9.59 Å². The van der Waals surface area contributed by atoms with Gasteiger partial charge >= 0.3 is 5.97 Å². The van der Waals surface area contributed by atoms with E-state index in [-0.39, 0.29) is 16.5 Å². The van der Waals surface area contributed by atoms with E-state index in [0.29, 0.717) is 6.42 Å². The van der Waals surface area contributed by atoms with Crippen LogP contribution in [0.3, 0.4) is 0 Å². The molecule has 7 nitrogen and oxygen atoms in total. The molecule has 0 aromatic heterocycles. The van der Waals surface area contributed by atoms with Gasteiger partial charge in [-0.05, 0) is 44.5 Å². The summed E-state index contributed by atoms with van der Waals surface area (Å²) in [5, 5.41) is 11.0. The Balaban J connectivity index is 2.86. The van der Waals surface area contributed by atoms with Crippen molar-refractivity contribution >= 4 is 21.9 Å². The van der Waals surface area contributed by atoms with Crippen LogP contribution in [0.4, 0.5) is 0 Å². The lowest BCUT2D eigenvalue weighted by Gasteiger charge is -2.13. The highest BCUT2D eigenvalue weighted by molar-refractivity contribution is 7.89. The predicted octanol–water partition coefficient (Wildman–Crippen LogP) is 0.966. The van der Waals surface area contributed by atoms with Crippen molar-refractivity contribution in [2.75, 3.05) is 0 Å². The second-order valence-electron chi connectivity index (χ2n) is 4.99. The lowest BCUT2D eigenvalue weighted by atomic mass is 10.2. The van der Waals surface area contributed by atoms with Gasteiger partial charge in [-0.25, -0.2) is 13.1 Å². The van der Waals surface area contributed by atoms with Gasteiger partial charge in [0.1, 0.15) is 6.04 Å². The van der Waals surface area contributed by atoms with E-state index in [2.05, 4.69) is 10.0 Å². The lowest BCUT2D eigenvalue weighted by Crippen LogP contribution is -2.38. The molecule has 1 aromatic rings. The fourth-order valence-corrected chi connectivity index (χ4v) is 2.87. The van der Waals surface area contributed by atoms with Crippen LogP contribution < -0.4 is 10.0 Å². The van der Waals surface area contributed by atoms with Gasteiger partial charge in [0, 0.05) is 11.6 Å². The summed E-state index contributed by atoms with van der Waals surface area (Å²) in [5.74, 6) is -1.72. The topological polar surface area (TPSA) is 113 Å². The van der Waals surface area contributed by atoms with Gasteiger partial charge in [-0.1, -0.05) is 6.92 Å². The third-order valence-electron chi connectivity index (χ3n) is 3.11. The third-order valence-corrected chi connectivity index (χ3v) is 4.72. The number of carbonyl (C=O) groups is 2. The van der Waals surface area contributed by atoms with E-state index in [0.717, 1.165) is 0 Å². The molecule has 0 aliphatic rings.